The maximum absolute atomic E-state index is 13.3. The topological polar surface area (TPSA) is 63.0 Å². The van der Waals surface area contributed by atoms with Crippen molar-refractivity contribution < 1.29 is 18.7 Å². The van der Waals surface area contributed by atoms with Gasteiger partial charge in [0, 0.05) is 5.69 Å². The molecule has 0 N–H and O–H groups in total. The summed E-state index contributed by atoms with van der Waals surface area (Å²) >= 11 is 0. The Kier molecular flexibility index (Phi) is 5.08. The molecule has 148 valence electrons. The van der Waals surface area contributed by atoms with E-state index in [0.717, 1.165) is 11.3 Å². The molecule has 4 rings (SSSR count). The molecular formula is C23H22N2O4. The Labute approximate surface area is 169 Å². The fourth-order valence-corrected chi connectivity index (χ4v) is 3.35. The number of furan rings is 1. The number of hydrogen-bond donors (Lipinski definition) is 0. The molecule has 1 aliphatic heterocycles. The SMILES string of the molecule is Cc1ccc(N(Cc2ccco2)C(=O)CN2C(=O)C(C)Oc3ccccc32)cc1. The second-order valence-corrected chi connectivity index (χ2v) is 7.05. The summed E-state index contributed by atoms with van der Waals surface area (Å²) in [6, 6.07) is 18.6. The molecule has 1 atom stereocenters. The molecule has 0 bridgehead atoms. The number of para-hydroxylation sites is 2. The van der Waals surface area contributed by atoms with Gasteiger partial charge < -0.3 is 14.1 Å². The third-order valence-electron chi connectivity index (χ3n) is 4.91. The number of hydrogen-bond acceptors (Lipinski definition) is 4. The molecule has 1 unspecified atom stereocenters. The minimum Gasteiger partial charge on any atom is -0.479 e. The van der Waals surface area contributed by atoms with Crippen LogP contribution >= 0.6 is 0 Å². The highest BCUT2D eigenvalue weighted by Gasteiger charge is 2.33. The van der Waals surface area contributed by atoms with Crippen LogP contribution in [-0.4, -0.2) is 24.5 Å². The van der Waals surface area contributed by atoms with Crippen LogP contribution in [0.5, 0.6) is 5.75 Å². The molecule has 1 aliphatic rings. The standard InChI is InChI=1S/C23H22N2O4/c1-16-9-11-18(12-10-16)24(14-19-6-5-13-28-19)22(26)15-25-20-7-3-4-8-21(20)29-17(2)23(25)27/h3-13,17H,14-15H2,1-2H3. The van der Waals surface area contributed by atoms with Crippen LogP contribution in [0.2, 0.25) is 0 Å². The van der Waals surface area contributed by atoms with Gasteiger partial charge in [-0.1, -0.05) is 29.8 Å². The summed E-state index contributed by atoms with van der Waals surface area (Å²) in [6.45, 7) is 3.88. The van der Waals surface area contributed by atoms with E-state index in [1.165, 1.54) is 4.90 Å². The predicted molar refractivity (Wildman–Crippen MR) is 110 cm³/mol. The van der Waals surface area contributed by atoms with Gasteiger partial charge in [0.05, 0.1) is 18.5 Å². The highest BCUT2D eigenvalue weighted by molar-refractivity contribution is 6.06. The molecule has 2 amide bonds. The summed E-state index contributed by atoms with van der Waals surface area (Å²) in [6.07, 6.45) is 0.937. The summed E-state index contributed by atoms with van der Waals surface area (Å²) in [5.74, 6) is 0.822. The summed E-state index contributed by atoms with van der Waals surface area (Å²) in [5.41, 5.74) is 2.45. The fourth-order valence-electron chi connectivity index (χ4n) is 3.35. The van der Waals surface area contributed by atoms with E-state index < -0.39 is 6.10 Å². The van der Waals surface area contributed by atoms with Gasteiger partial charge in [-0.2, -0.15) is 0 Å². The van der Waals surface area contributed by atoms with Crippen LogP contribution in [0.15, 0.2) is 71.3 Å². The van der Waals surface area contributed by atoms with Crippen molar-refractivity contribution in [3.05, 3.63) is 78.3 Å². The van der Waals surface area contributed by atoms with Crippen LogP contribution in [0, 0.1) is 6.92 Å². The van der Waals surface area contributed by atoms with Gasteiger partial charge in [-0.15, -0.1) is 0 Å². The van der Waals surface area contributed by atoms with Crippen molar-refractivity contribution >= 4 is 23.2 Å². The van der Waals surface area contributed by atoms with E-state index in [4.69, 9.17) is 9.15 Å². The van der Waals surface area contributed by atoms with Crippen molar-refractivity contribution in [1.82, 2.24) is 0 Å². The number of carbonyl (C=O) groups is 2. The highest BCUT2D eigenvalue weighted by atomic mass is 16.5. The van der Waals surface area contributed by atoms with Gasteiger partial charge in [0.2, 0.25) is 5.91 Å². The number of anilines is 2. The zero-order valence-electron chi connectivity index (χ0n) is 16.4. The molecule has 6 nitrogen and oxygen atoms in total. The van der Waals surface area contributed by atoms with Crippen LogP contribution < -0.4 is 14.5 Å². The third kappa shape index (κ3) is 3.87. The molecule has 0 saturated heterocycles. The quantitative estimate of drug-likeness (QED) is 0.662. The number of amides is 2. The van der Waals surface area contributed by atoms with Crippen LogP contribution in [0.25, 0.3) is 0 Å². The zero-order valence-corrected chi connectivity index (χ0v) is 16.4. The maximum atomic E-state index is 13.3. The van der Waals surface area contributed by atoms with Crippen LogP contribution in [0.4, 0.5) is 11.4 Å². The monoisotopic (exact) mass is 390 g/mol. The average Bonchev–Trinajstić information content (AvgIpc) is 3.23. The number of aryl methyl sites for hydroxylation is 1. The van der Waals surface area contributed by atoms with E-state index in [2.05, 4.69) is 0 Å². The largest absolute Gasteiger partial charge is 0.479 e. The van der Waals surface area contributed by atoms with Crippen molar-refractivity contribution in [1.29, 1.82) is 0 Å². The Bertz CT molecular complexity index is 1010. The lowest BCUT2D eigenvalue weighted by molar-refractivity contribution is -0.127. The lowest BCUT2D eigenvalue weighted by Gasteiger charge is -2.34. The van der Waals surface area contributed by atoms with Crippen LogP contribution in [0.1, 0.15) is 18.2 Å². The normalized spacial score (nSPS) is 15.6. The molecule has 2 heterocycles. The summed E-state index contributed by atoms with van der Waals surface area (Å²) in [4.78, 5) is 29.2. The van der Waals surface area contributed by atoms with Gasteiger partial charge in [-0.3, -0.25) is 14.5 Å². The van der Waals surface area contributed by atoms with E-state index in [-0.39, 0.29) is 24.9 Å². The molecule has 0 fully saturated rings. The van der Waals surface area contributed by atoms with Gasteiger partial charge in [0.15, 0.2) is 6.10 Å². The van der Waals surface area contributed by atoms with Gasteiger partial charge in [0.1, 0.15) is 18.1 Å². The predicted octanol–water partition coefficient (Wildman–Crippen LogP) is 3.94. The maximum Gasteiger partial charge on any atom is 0.268 e. The average molecular weight is 390 g/mol. The van der Waals surface area contributed by atoms with Crippen LogP contribution in [0.3, 0.4) is 0 Å². The number of rotatable bonds is 5. The zero-order chi connectivity index (χ0) is 20.4. The lowest BCUT2D eigenvalue weighted by atomic mass is 10.1. The summed E-state index contributed by atoms with van der Waals surface area (Å²) in [5, 5.41) is 0. The van der Waals surface area contributed by atoms with Gasteiger partial charge in [0.25, 0.3) is 5.91 Å². The number of benzene rings is 2. The van der Waals surface area contributed by atoms with E-state index >= 15 is 0 Å². The first-order chi connectivity index (χ1) is 14.0. The molecule has 6 heteroatoms. The third-order valence-corrected chi connectivity index (χ3v) is 4.91. The Morgan fingerprint density at radius 3 is 2.55 bits per heavy atom. The first-order valence-electron chi connectivity index (χ1n) is 9.49. The molecule has 0 spiro atoms. The van der Waals surface area contributed by atoms with Gasteiger partial charge in [-0.25, -0.2) is 0 Å². The number of fused-ring (bicyclic) bond motifs is 1. The first-order valence-corrected chi connectivity index (χ1v) is 9.49. The van der Waals surface area contributed by atoms with Crippen LogP contribution in [-0.2, 0) is 16.1 Å². The van der Waals surface area contributed by atoms with Crippen molar-refractivity contribution in [3.63, 3.8) is 0 Å². The summed E-state index contributed by atoms with van der Waals surface area (Å²) in [7, 11) is 0. The smallest absolute Gasteiger partial charge is 0.268 e. The van der Waals surface area contributed by atoms with Gasteiger partial charge >= 0.3 is 0 Å². The molecule has 3 aromatic rings. The Morgan fingerprint density at radius 1 is 1.07 bits per heavy atom. The molecule has 0 radical (unpaired) electrons. The minimum atomic E-state index is -0.643. The van der Waals surface area contributed by atoms with E-state index in [1.807, 2.05) is 49.4 Å². The minimum absolute atomic E-state index is 0.0852. The van der Waals surface area contributed by atoms with E-state index in [9.17, 15) is 9.59 Å². The molecule has 0 aliphatic carbocycles. The molecular weight excluding hydrogens is 368 g/mol. The Balaban J connectivity index is 1.64. The van der Waals surface area contributed by atoms with E-state index in [1.54, 1.807) is 36.3 Å². The molecule has 29 heavy (non-hydrogen) atoms. The fraction of sp³-hybridized carbons (Fsp3) is 0.217. The summed E-state index contributed by atoms with van der Waals surface area (Å²) < 4.78 is 11.1. The number of ether oxygens (including phenoxy) is 1. The second kappa shape index (κ2) is 7.83. The number of carbonyl (C=O) groups excluding carboxylic acids is 2. The van der Waals surface area contributed by atoms with Crippen molar-refractivity contribution in [2.45, 2.75) is 26.5 Å². The van der Waals surface area contributed by atoms with Crippen molar-refractivity contribution in [2.24, 2.45) is 0 Å². The Hall–Kier alpha value is -3.54. The highest BCUT2D eigenvalue weighted by Crippen LogP contribution is 2.33. The number of nitrogens with zero attached hydrogens (tertiary/aromatic N) is 2. The molecule has 2 aromatic carbocycles. The van der Waals surface area contributed by atoms with E-state index in [0.29, 0.717) is 17.2 Å². The first kappa shape index (κ1) is 18.8. The van der Waals surface area contributed by atoms with Crippen molar-refractivity contribution in [2.75, 3.05) is 16.3 Å². The molecule has 1 aromatic heterocycles. The second-order valence-electron chi connectivity index (χ2n) is 7.05. The van der Waals surface area contributed by atoms with Gasteiger partial charge in [-0.05, 0) is 50.2 Å². The lowest BCUT2D eigenvalue weighted by Crippen LogP contribution is -2.49. The molecule has 0 saturated carbocycles. The van der Waals surface area contributed by atoms with Crippen molar-refractivity contribution in [3.8, 4) is 5.75 Å². The Morgan fingerprint density at radius 2 is 1.83 bits per heavy atom.